The SMILES string of the molecule is Cc1ccccc1-c1ccncc1C(=O)N(C)Cc1cc(Cl)cc(Cl)c1. The molecule has 3 aromatic rings. The van der Waals surface area contributed by atoms with Crippen molar-refractivity contribution in [3.63, 3.8) is 0 Å². The molecule has 0 unspecified atom stereocenters. The average molecular weight is 385 g/mol. The number of carbonyl (C=O) groups is 1. The van der Waals surface area contributed by atoms with Crippen LogP contribution in [0, 0.1) is 6.92 Å². The van der Waals surface area contributed by atoms with Crippen LogP contribution in [0.3, 0.4) is 0 Å². The highest BCUT2D eigenvalue weighted by Gasteiger charge is 2.18. The Labute approximate surface area is 163 Å². The van der Waals surface area contributed by atoms with Gasteiger partial charge in [-0.2, -0.15) is 0 Å². The molecule has 132 valence electrons. The zero-order valence-electron chi connectivity index (χ0n) is 14.5. The minimum absolute atomic E-state index is 0.104. The number of aromatic nitrogens is 1. The van der Waals surface area contributed by atoms with Crippen molar-refractivity contribution in [3.05, 3.63) is 87.7 Å². The smallest absolute Gasteiger partial charge is 0.256 e. The number of carbonyl (C=O) groups excluding carboxylic acids is 1. The average Bonchev–Trinajstić information content (AvgIpc) is 2.60. The molecule has 0 N–H and O–H groups in total. The van der Waals surface area contributed by atoms with Crippen LogP contribution < -0.4 is 0 Å². The summed E-state index contributed by atoms with van der Waals surface area (Å²) in [5, 5.41) is 1.10. The Balaban J connectivity index is 1.92. The molecule has 0 radical (unpaired) electrons. The predicted octanol–water partition coefficient (Wildman–Crippen LogP) is 5.64. The molecule has 0 saturated carbocycles. The topological polar surface area (TPSA) is 33.2 Å². The van der Waals surface area contributed by atoms with E-state index in [1.165, 1.54) is 0 Å². The van der Waals surface area contributed by atoms with Crippen LogP contribution in [0.25, 0.3) is 11.1 Å². The molecule has 0 atom stereocenters. The van der Waals surface area contributed by atoms with Gasteiger partial charge in [0.05, 0.1) is 5.56 Å². The summed E-state index contributed by atoms with van der Waals surface area (Å²) in [5.74, 6) is -0.104. The molecule has 0 spiro atoms. The number of halogens is 2. The standard InChI is InChI=1S/C21H18Cl2N2O/c1-14-5-3-4-6-18(14)19-7-8-24-12-20(19)21(26)25(2)13-15-9-16(22)11-17(23)10-15/h3-12H,13H2,1-2H3. The molecule has 0 aliphatic heterocycles. The second-order valence-electron chi connectivity index (χ2n) is 6.18. The Bertz CT molecular complexity index is 936. The number of amides is 1. The molecular weight excluding hydrogens is 367 g/mol. The van der Waals surface area contributed by atoms with Crippen LogP contribution in [0.15, 0.2) is 60.9 Å². The predicted molar refractivity (Wildman–Crippen MR) is 107 cm³/mol. The third-order valence-electron chi connectivity index (χ3n) is 4.18. The van der Waals surface area contributed by atoms with E-state index in [4.69, 9.17) is 23.2 Å². The number of pyridine rings is 1. The Morgan fingerprint density at radius 1 is 1.04 bits per heavy atom. The summed E-state index contributed by atoms with van der Waals surface area (Å²) in [6.45, 7) is 2.43. The lowest BCUT2D eigenvalue weighted by molar-refractivity contribution is 0.0785. The Kier molecular flexibility index (Phi) is 5.60. The van der Waals surface area contributed by atoms with Crippen molar-refractivity contribution in [2.75, 3.05) is 7.05 Å². The van der Waals surface area contributed by atoms with E-state index in [0.29, 0.717) is 22.2 Å². The van der Waals surface area contributed by atoms with Crippen LogP contribution in [0.5, 0.6) is 0 Å². The molecule has 2 aromatic carbocycles. The molecule has 0 aliphatic carbocycles. The number of hydrogen-bond acceptors (Lipinski definition) is 2. The van der Waals surface area contributed by atoms with Crippen molar-refractivity contribution < 1.29 is 4.79 Å². The molecule has 0 aliphatic rings. The van der Waals surface area contributed by atoms with Crippen molar-refractivity contribution in [2.45, 2.75) is 13.5 Å². The van der Waals surface area contributed by atoms with E-state index in [1.54, 1.807) is 30.4 Å². The second kappa shape index (κ2) is 7.90. The monoisotopic (exact) mass is 384 g/mol. The molecule has 3 nitrogen and oxygen atoms in total. The summed E-state index contributed by atoms with van der Waals surface area (Å²) >= 11 is 12.1. The summed E-state index contributed by atoms with van der Waals surface area (Å²) in [6.07, 6.45) is 3.32. The van der Waals surface area contributed by atoms with Gasteiger partial charge in [-0.15, -0.1) is 0 Å². The summed E-state index contributed by atoms with van der Waals surface area (Å²) < 4.78 is 0. The van der Waals surface area contributed by atoms with Gasteiger partial charge in [0.25, 0.3) is 5.91 Å². The zero-order chi connectivity index (χ0) is 18.7. The molecule has 1 heterocycles. The molecule has 1 aromatic heterocycles. The lowest BCUT2D eigenvalue weighted by Crippen LogP contribution is -2.27. The van der Waals surface area contributed by atoms with Crippen molar-refractivity contribution in [3.8, 4) is 11.1 Å². The van der Waals surface area contributed by atoms with Gasteiger partial charge in [0.2, 0.25) is 0 Å². The normalized spacial score (nSPS) is 10.6. The van der Waals surface area contributed by atoms with E-state index in [1.807, 2.05) is 49.4 Å². The highest BCUT2D eigenvalue weighted by atomic mass is 35.5. The van der Waals surface area contributed by atoms with Gasteiger partial charge in [-0.1, -0.05) is 47.5 Å². The van der Waals surface area contributed by atoms with Crippen LogP contribution in [-0.2, 0) is 6.54 Å². The van der Waals surface area contributed by atoms with Gasteiger partial charge in [-0.05, 0) is 53.4 Å². The minimum atomic E-state index is -0.104. The van der Waals surface area contributed by atoms with Gasteiger partial charge in [0, 0.05) is 36.0 Å². The van der Waals surface area contributed by atoms with Crippen LogP contribution in [0.1, 0.15) is 21.5 Å². The first-order valence-electron chi connectivity index (χ1n) is 8.16. The summed E-state index contributed by atoms with van der Waals surface area (Å²) in [4.78, 5) is 18.8. The van der Waals surface area contributed by atoms with E-state index in [0.717, 1.165) is 22.3 Å². The quantitative estimate of drug-likeness (QED) is 0.583. The van der Waals surface area contributed by atoms with E-state index >= 15 is 0 Å². The van der Waals surface area contributed by atoms with Crippen molar-refractivity contribution in [1.29, 1.82) is 0 Å². The lowest BCUT2D eigenvalue weighted by Gasteiger charge is -2.20. The van der Waals surface area contributed by atoms with Gasteiger partial charge >= 0.3 is 0 Å². The maximum atomic E-state index is 13.0. The van der Waals surface area contributed by atoms with Crippen LogP contribution in [0.4, 0.5) is 0 Å². The first-order valence-corrected chi connectivity index (χ1v) is 8.92. The molecule has 3 rings (SSSR count). The summed E-state index contributed by atoms with van der Waals surface area (Å²) in [7, 11) is 1.76. The number of rotatable bonds is 4. The molecule has 1 amide bonds. The number of benzene rings is 2. The van der Waals surface area contributed by atoms with E-state index in [-0.39, 0.29) is 5.91 Å². The van der Waals surface area contributed by atoms with E-state index in [2.05, 4.69) is 4.98 Å². The van der Waals surface area contributed by atoms with Gasteiger partial charge < -0.3 is 4.90 Å². The Morgan fingerprint density at radius 3 is 2.42 bits per heavy atom. The first kappa shape index (κ1) is 18.4. The number of nitrogens with zero attached hydrogens (tertiary/aromatic N) is 2. The van der Waals surface area contributed by atoms with E-state index in [9.17, 15) is 4.79 Å². The molecular formula is C21H18Cl2N2O. The van der Waals surface area contributed by atoms with Gasteiger partial charge in [0.15, 0.2) is 0 Å². The molecule has 26 heavy (non-hydrogen) atoms. The van der Waals surface area contributed by atoms with E-state index < -0.39 is 0 Å². The van der Waals surface area contributed by atoms with Gasteiger partial charge in [0.1, 0.15) is 0 Å². The summed E-state index contributed by atoms with van der Waals surface area (Å²) in [5.41, 5.74) is 4.45. The van der Waals surface area contributed by atoms with Crippen LogP contribution in [0.2, 0.25) is 10.0 Å². The molecule has 5 heteroatoms. The first-order chi connectivity index (χ1) is 12.5. The van der Waals surface area contributed by atoms with Gasteiger partial charge in [-0.25, -0.2) is 0 Å². The fourth-order valence-electron chi connectivity index (χ4n) is 2.93. The molecule has 0 fully saturated rings. The molecule has 0 bridgehead atoms. The number of hydrogen-bond donors (Lipinski definition) is 0. The molecule has 0 saturated heterocycles. The maximum absolute atomic E-state index is 13.0. The fourth-order valence-corrected chi connectivity index (χ4v) is 3.50. The largest absolute Gasteiger partial charge is 0.337 e. The number of aryl methyl sites for hydroxylation is 1. The highest BCUT2D eigenvalue weighted by Crippen LogP contribution is 2.27. The zero-order valence-corrected chi connectivity index (χ0v) is 16.1. The van der Waals surface area contributed by atoms with Crippen molar-refractivity contribution in [1.82, 2.24) is 9.88 Å². The van der Waals surface area contributed by atoms with Gasteiger partial charge in [-0.3, -0.25) is 9.78 Å². The third kappa shape index (κ3) is 4.06. The third-order valence-corrected chi connectivity index (χ3v) is 4.61. The van der Waals surface area contributed by atoms with Crippen molar-refractivity contribution >= 4 is 29.1 Å². The second-order valence-corrected chi connectivity index (χ2v) is 7.05. The fraction of sp³-hybridized carbons (Fsp3) is 0.143. The summed E-state index contributed by atoms with van der Waals surface area (Å²) in [6, 6.07) is 15.2. The van der Waals surface area contributed by atoms with Crippen LogP contribution in [-0.4, -0.2) is 22.8 Å². The highest BCUT2D eigenvalue weighted by molar-refractivity contribution is 6.34. The maximum Gasteiger partial charge on any atom is 0.256 e. The van der Waals surface area contributed by atoms with Crippen molar-refractivity contribution in [2.24, 2.45) is 0 Å². The van der Waals surface area contributed by atoms with Crippen LogP contribution >= 0.6 is 23.2 Å². The Hall–Kier alpha value is -2.36. The minimum Gasteiger partial charge on any atom is -0.337 e. The Morgan fingerprint density at radius 2 is 1.73 bits per heavy atom. The lowest BCUT2D eigenvalue weighted by atomic mass is 9.97.